The van der Waals surface area contributed by atoms with Crippen molar-refractivity contribution < 1.29 is 0 Å². The summed E-state index contributed by atoms with van der Waals surface area (Å²) in [6.45, 7) is 25.9. The number of nitrogens with zero attached hydrogens (tertiary/aromatic N) is 1. The standard InChI is InChI=1S/C27H43NS2Si/c1-16-17(2)21(6)26(9,20(16)5)31(27(10)22(7)18(3)19(4)23(27)8)29-25(30-31)28-24-14-12-11-13-15-24/h11-23H,1-10H3. The Bertz CT molecular complexity index is 776. The van der Waals surface area contributed by atoms with Crippen LogP contribution in [0.4, 0.5) is 5.69 Å². The lowest BCUT2D eigenvalue weighted by molar-refractivity contribution is 0.308. The number of hydrogen-bond acceptors (Lipinski definition) is 3. The van der Waals surface area contributed by atoms with Gasteiger partial charge in [0.25, 0.3) is 0 Å². The van der Waals surface area contributed by atoms with Crippen LogP contribution in [-0.2, 0) is 0 Å². The summed E-state index contributed by atoms with van der Waals surface area (Å²) in [5, 5.41) is 0.829. The van der Waals surface area contributed by atoms with Crippen LogP contribution in [0.1, 0.15) is 69.2 Å². The first-order chi connectivity index (χ1) is 14.4. The molecule has 172 valence electrons. The van der Waals surface area contributed by atoms with Crippen molar-refractivity contribution in [2.75, 3.05) is 0 Å². The van der Waals surface area contributed by atoms with Gasteiger partial charge >= 0.3 is 0 Å². The Morgan fingerprint density at radius 3 is 1.35 bits per heavy atom. The summed E-state index contributed by atoms with van der Waals surface area (Å²) < 4.78 is 1.33. The summed E-state index contributed by atoms with van der Waals surface area (Å²) in [6.07, 6.45) is -1.86. The fourth-order valence-corrected chi connectivity index (χ4v) is 26.1. The molecule has 0 amide bonds. The van der Waals surface area contributed by atoms with Crippen LogP contribution in [0.2, 0.25) is 10.1 Å². The smallest absolute Gasteiger partial charge is 0.205 e. The fourth-order valence-electron chi connectivity index (χ4n) is 7.96. The molecule has 4 rings (SSSR count). The predicted octanol–water partition coefficient (Wildman–Crippen LogP) is 9.23. The third-order valence-corrected chi connectivity index (χ3v) is 28.3. The molecule has 1 nitrogen and oxygen atoms in total. The molecule has 0 aromatic heterocycles. The summed E-state index contributed by atoms with van der Waals surface area (Å²) in [6, 6.07) is 10.6. The zero-order valence-electron chi connectivity index (χ0n) is 21.3. The molecular formula is C27H43NS2Si. The molecule has 0 spiro atoms. The van der Waals surface area contributed by atoms with Crippen LogP contribution in [0.3, 0.4) is 0 Å². The minimum atomic E-state index is -1.86. The van der Waals surface area contributed by atoms with Crippen molar-refractivity contribution in [3.8, 4) is 0 Å². The quantitative estimate of drug-likeness (QED) is 0.405. The molecule has 3 aliphatic rings. The Morgan fingerprint density at radius 1 is 0.645 bits per heavy atom. The maximum atomic E-state index is 5.12. The number of benzene rings is 1. The molecule has 0 N–H and O–H groups in total. The second-order valence-corrected chi connectivity index (χ2v) is 22.2. The van der Waals surface area contributed by atoms with Gasteiger partial charge in [-0.2, -0.15) is 0 Å². The van der Waals surface area contributed by atoms with Gasteiger partial charge in [-0.25, -0.2) is 4.99 Å². The van der Waals surface area contributed by atoms with E-state index in [1.165, 1.54) is 4.38 Å². The Balaban J connectivity index is 1.84. The summed E-state index contributed by atoms with van der Waals surface area (Å²) in [5.41, 5.74) is 1.11. The van der Waals surface area contributed by atoms with Crippen molar-refractivity contribution in [2.24, 2.45) is 52.3 Å². The van der Waals surface area contributed by atoms with Gasteiger partial charge in [-0.05, 0) is 69.6 Å². The molecule has 1 heterocycles. The van der Waals surface area contributed by atoms with Crippen molar-refractivity contribution in [1.29, 1.82) is 0 Å². The molecule has 4 heteroatoms. The molecule has 3 fully saturated rings. The molecule has 1 aliphatic heterocycles. The van der Waals surface area contributed by atoms with E-state index in [-0.39, 0.29) is 0 Å². The van der Waals surface area contributed by atoms with Gasteiger partial charge in [-0.3, -0.25) is 0 Å². The summed E-state index contributed by atoms with van der Waals surface area (Å²) in [4.78, 5) is 5.12. The highest BCUT2D eigenvalue weighted by Crippen LogP contribution is 2.83. The van der Waals surface area contributed by atoms with Gasteiger partial charge in [0.05, 0.1) is 5.69 Å². The highest BCUT2D eigenvalue weighted by molar-refractivity contribution is 8.85. The number of rotatable bonds is 3. The van der Waals surface area contributed by atoms with Gasteiger partial charge in [0.2, 0.25) is 6.37 Å². The number of hydrogen-bond donors (Lipinski definition) is 0. The van der Waals surface area contributed by atoms with Gasteiger partial charge < -0.3 is 0 Å². The zero-order valence-corrected chi connectivity index (χ0v) is 23.9. The van der Waals surface area contributed by atoms with Gasteiger partial charge in [-0.1, -0.05) is 87.4 Å². The average Bonchev–Trinajstić information content (AvgIpc) is 2.98. The van der Waals surface area contributed by atoms with Crippen LogP contribution in [0.5, 0.6) is 0 Å². The predicted molar refractivity (Wildman–Crippen MR) is 145 cm³/mol. The van der Waals surface area contributed by atoms with Gasteiger partial charge in [0.1, 0.15) is 4.38 Å². The number of para-hydroxylation sites is 1. The van der Waals surface area contributed by atoms with Crippen molar-refractivity contribution in [3.05, 3.63) is 30.3 Å². The van der Waals surface area contributed by atoms with E-state index >= 15 is 0 Å². The minimum Gasteiger partial charge on any atom is -0.236 e. The van der Waals surface area contributed by atoms with Crippen molar-refractivity contribution >= 4 is 38.9 Å². The Kier molecular flexibility index (Phi) is 6.14. The van der Waals surface area contributed by atoms with Crippen LogP contribution in [0, 0.1) is 47.3 Å². The van der Waals surface area contributed by atoms with E-state index in [9.17, 15) is 0 Å². The molecule has 0 bridgehead atoms. The van der Waals surface area contributed by atoms with Crippen LogP contribution >= 0.6 is 22.4 Å². The van der Waals surface area contributed by atoms with Crippen LogP contribution in [-0.4, -0.2) is 10.7 Å². The third-order valence-electron chi connectivity index (χ3n) is 11.5. The van der Waals surface area contributed by atoms with Crippen LogP contribution < -0.4 is 0 Å². The van der Waals surface area contributed by atoms with E-state index in [1.54, 1.807) is 0 Å². The highest BCUT2D eigenvalue weighted by Gasteiger charge is 2.77. The molecule has 8 atom stereocenters. The third kappa shape index (κ3) is 2.99. The summed E-state index contributed by atoms with van der Waals surface area (Å²) >= 11 is 4.57. The average molecular weight is 474 g/mol. The van der Waals surface area contributed by atoms with Crippen molar-refractivity contribution in [2.45, 2.75) is 79.3 Å². The monoisotopic (exact) mass is 473 g/mol. The normalized spacial score (nSPS) is 52.3. The summed E-state index contributed by atoms with van der Waals surface area (Å²) in [5.74, 6) is 6.26. The zero-order chi connectivity index (χ0) is 22.9. The molecule has 0 radical (unpaired) electrons. The lowest BCUT2D eigenvalue weighted by atomic mass is 9.88. The van der Waals surface area contributed by atoms with E-state index in [2.05, 4.69) is 122 Å². The largest absolute Gasteiger partial charge is 0.236 e. The van der Waals surface area contributed by atoms with Crippen molar-refractivity contribution in [1.82, 2.24) is 0 Å². The van der Waals surface area contributed by atoms with E-state index in [4.69, 9.17) is 4.99 Å². The van der Waals surface area contributed by atoms with E-state index < -0.39 is 6.37 Å². The van der Waals surface area contributed by atoms with Gasteiger partial charge in [0.15, 0.2) is 0 Å². The topological polar surface area (TPSA) is 12.4 Å². The maximum Gasteiger partial charge on any atom is 0.205 e. The first kappa shape index (κ1) is 23.9. The SMILES string of the molecule is CC1C(C)C(C)C(C)([Si]2(C3(C)C(C)C(C)C(C)C3C)SC(=Nc3ccccc3)S2)C1C. The van der Waals surface area contributed by atoms with E-state index in [1.807, 2.05) is 0 Å². The molecule has 1 saturated heterocycles. The molecular weight excluding hydrogens is 431 g/mol. The van der Waals surface area contributed by atoms with Gasteiger partial charge in [0, 0.05) is 0 Å². The second-order valence-electron chi connectivity index (χ2n) is 11.7. The molecule has 31 heavy (non-hydrogen) atoms. The van der Waals surface area contributed by atoms with E-state index in [0.717, 1.165) is 53.0 Å². The molecule has 8 unspecified atom stereocenters. The second kappa shape index (κ2) is 7.94. The minimum absolute atomic E-state index is 0.415. The Morgan fingerprint density at radius 2 is 1.00 bits per heavy atom. The molecule has 1 aromatic rings. The molecule has 2 aliphatic carbocycles. The van der Waals surface area contributed by atoms with Crippen LogP contribution in [0.15, 0.2) is 35.3 Å². The fraction of sp³-hybridized carbons (Fsp3) is 0.741. The Hall–Kier alpha value is -0.193. The van der Waals surface area contributed by atoms with E-state index in [0.29, 0.717) is 10.1 Å². The Labute approximate surface area is 200 Å². The summed E-state index contributed by atoms with van der Waals surface area (Å²) in [7, 11) is 0. The van der Waals surface area contributed by atoms with Crippen LogP contribution in [0.25, 0.3) is 0 Å². The first-order valence-electron chi connectivity index (χ1n) is 12.4. The lowest BCUT2D eigenvalue weighted by Gasteiger charge is -2.64. The highest BCUT2D eigenvalue weighted by atomic mass is 32.6. The first-order valence-corrected chi connectivity index (χ1v) is 17.5. The van der Waals surface area contributed by atoms with Crippen molar-refractivity contribution in [3.63, 3.8) is 0 Å². The molecule has 1 aromatic carbocycles. The lowest BCUT2D eigenvalue weighted by Crippen LogP contribution is -2.62. The maximum absolute atomic E-state index is 5.12. The van der Waals surface area contributed by atoms with Gasteiger partial charge in [-0.15, -0.1) is 22.4 Å². The molecule has 2 saturated carbocycles. The number of aliphatic imine (C=N–C) groups is 1.